The summed E-state index contributed by atoms with van der Waals surface area (Å²) in [6.07, 6.45) is 2.11. The molecule has 0 aromatic heterocycles. The molecular formula is C10H20ClIN4O. The van der Waals surface area contributed by atoms with Crippen LogP contribution < -0.4 is 26.8 Å². The predicted molar refractivity (Wildman–Crippen MR) is 67.7 cm³/mol. The maximum atomic E-state index is 10.6. The SMILES string of the molecule is C=C(NC(C)/C=[N+](\CC)[I-]C)N(CCCl)N=O. The number of nitroso groups, excluding NO2 is 1. The minimum atomic E-state index is 0.0435. The molecule has 0 aromatic rings. The van der Waals surface area contributed by atoms with Crippen LogP contribution in [-0.2, 0) is 0 Å². The molecule has 0 fully saturated rings. The van der Waals surface area contributed by atoms with E-state index in [4.69, 9.17) is 11.6 Å². The summed E-state index contributed by atoms with van der Waals surface area (Å²) >= 11 is 5.61. The summed E-state index contributed by atoms with van der Waals surface area (Å²) in [4.78, 5) is 12.8. The van der Waals surface area contributed by atoms with Gasteiger partial charge in [-0.05, 0) is 0 Å². The molecule has 1 unspecified atom stereocenters. The molecule has 0 saturated carbocycles. The van der Waals surface area contributed by atoms with Crippen molar-refractivity contribution < 1.29 is 24.3 Å². The minimum absolute atomic E-state index is 0.0435. The van der Waals surface area contributed by atoms with E-state index in [1.165, 1.54) is 5.01 Å². The van der Waals surface area contributed by atoms with E-state index in [-0.39, 0.29) is 27.5 Å². The summed E-state index contributed by atoms with van der Waals surface area (Å²) in [5.74, 6) is 0.821. The van der Waals surface area contributed by atoms with E-state index in [0.717, 1.165) is 6.54 Å². The average Bonchev–Trinajstić information content (AvgIpc) is 2.32. The van der Waals surface area contributed by atoms with E-state index in [0.29, 0.717) is 18.2 Å². The quantitative estimate of drug-likeness (QED) is 0.132. The molecule has 0 saturated heterocycles. The first-order chi connectivity index (χ1) is 8.08. The van der Waals surface area contributed by atoms with Crippen LogP contribution in [0.3, 0.4) is 0 Å². The summed E-state index contributed by atoms with van der Waals surface area (Å²) in [6, 6.07) is 0.113. The molecule has 0 amide bonds. The van der Waals surface area contributed by atoms with E-state index in [2.05, 4.69) is 38.0 Å². The Labute approximate surface area is 118 Å². The van der Waals surface area contributed by atoms with Gasteiger partial charge in [-0.3, -0.25) is 0 Å². The van der Waals surface area contributed by atoms with Crippen molar-refractivity contribution in [2.45, 2.75) is 19.9 Å². The number of nitrogens with one attached hydrogen (secondary N) is 1. The van der Waals surface area contributed by atoms with Gasteiger partial charge in [0.05, 0.1) is 0 Å². The van der Waals surface area contributed by atoms with Gasteiger partial charge in [0.25, 0.3) is 0 Å². The molecule has 0 aromatic carbocycles. The van der Waals surface area contributed by atoms with Gasteiger partial charge in [0, 0.05) is 0 Å². The van der Waals surface area contributed by atoms with Crippen LogP contribution in [0, 0.1) is 4.91 Å². The zero-order chi connectivity index (χ0) is 13.3. The Bertz CT molecular complexity index is 279. The summed E-state index contributed by atoms with van der Waals surface area (Å²) in [7, 11) is 0. The molecule has 1 atom stereocenters. The fourth-order valence-corrected chi connectivity index (χ4v) is 2.85. The van der Waals surface area contributed by atoms with Crippen molar-refractivity contribution in [3.05, 3.63) is 17.3 Å². The third-order valence-corrected chi connectivity index (χ3v) is 4.42. The second-order valence-electron chi connectivity index (χ2n) is 3.31. The fourth-order valence-electron chi connectivity index (χ4n) is 1.20. The second-order valence-corrected chi connectivity index (χ2v) is 5.89. The Morgan fingerprint density at radius 2 is 2.41 bits per heavy atom. The monoisotopic (exact) mass is 374 g/mol. The number of nitrogens with zero attached hydrogens (tertiary/aromatic N) is 3. The Morgan fingerprint density at radius 3 is 2.82 bits per heavy atom. The Kier molecular flexibility index (Phi) is 9.43. The number of hydrogen-bond donors (Lipinski definition) is 1. The first-order valence-corrected chi connectivity index (χ1v) is 8.98. The topological polar surface area (TPSA) is 47.7 Å². The first kappa shape index (κ1) is 16.6. The predicted octanol–water partition coefficient (Wildman–Crippen LogP) is -1.61. The third-order valence-electron chi connectivity index (χ3n) is 2.01. The number of rotatable bonds is 9. The molecule has 0 aliphatic rings. The van der Waals surface area contributed by atoms with Crippen LogP contribution in [0.25, 0.3) is 0 Å². The maximum absolute atomic E-state index is 10.6. The molecule has 1 N–H and O–H groups in total. The van der Waals surface area contributed by atoms with Gasteiger partial charge in [0.15, 0.2) is 0 Å². The normalized spacial score (nSPS) is 13.3. The molecule has 7 heteroatoms. The van der Waals surface area contributed by atoms with Crippen molar-refractivity contribution in [1.29, 1.82) is 0 Å². The zero-order valence-corrected chi connectivity index (χ0v) is 13.4. The van der Waals surface area contributed by atoms with Gasteiger partial charge in [-0.2, -0.15) is 0 Å². The number of alkyl halides is 2. The molecular weight excluding hydrogens is 354 g/mol. The van der Waals surface area contributed by atoms with Crippen molar-refractivity contribution in [2.24, 2.45) is 5.29 Å². The Morgan fingerprint density at radius 1 is 1.76 bits per heavy atom. The van der Waals surface area contributed by atoms with E-state index >= 15 is 0 Å². The third kappa shape index (κ3) is 6.82. The summed E-state index contributed by atoms with van der Waals surface area (Å²) in [6.45, 7) is 9.27. The van der Waals surface area contributed by atoms with Crippen LogP contribution in [0.2, 0.25) is 0 Å². The average molecular weight is 375 g/mol. The molecule has 0 aliphatic heterocycles. The van der Waals surface area contributed by atoms with Crippen molar-refractivity contribution in [2.75, 3.05) is 23.9 Å². The molecule has 0 aliphatic carbocycles. The molecule has 5 nitrogen and oxygen atoms in total. The van der Waals surface area contributed by atoms with Gasteiger partial charge in [-0.15, -0.1) is 0 Å². The van der Waals surface area contributed by atoms with Crippen molar-refractivity contribution in [3.8, 4) is 0 Å². The van der Waals surface area contributed by atoms with E-state index in [1.54, 1.807) is 0 Å². The second kappa shape index (κ2) is 9.64. The van der Waals surface area contributed by atoms with Gasteiger partial charge in [0.1, 0.15) is 0 Å². The number of hydrogen-bond acceptors (Lipinski definition) is 3. The van der Waals surface area contributed by atoms with Gasteiger partial charge < -0.3 is 0 Å². The standard InChI is InChI=1S/C10H20ClIN4O/c1-5-15(12-4)8-9(2)13-10(3)16(14-17)7-6-11/h8-9,13H,3,5-7H2,1-2,4H3/b15-8+. The summed E-state index contributed by atoms with van der Waals surface area (Å²) < 4.78 is 2.28. The zero-order valence-electron chi connectivity index (χ0n) is 10.5. The molecule has 0 radical (unpaired) electrons. The fraction of sp³-hybridized carbons (Fsp3) is 0.700. The van der Waals surface area contributed by atoms with Gasteiger partial charge in [-0.25, -0.2) is 0 Å². The molecule has 0 rings (SSSR count). The van der Waals surface area contributed by atoms with Crippen molar-refractivity contribution in [1.82, 2.24) is 10.3 Å². The molecule has 17 heavy (non-hydrogen) atoms. The van der Waals surface area contributed by atoms with Gasteiger partial charge >= 0.3 is 119 Å². The summed E-state index contributed by atoms with van der Waals surface area (Å²) in [5, 5.41) is 7.21. The molecule has 0 bridgehead atoms. The summed E-state index contributed by atoms with van der Waals surface area (Å²) in [5.41, 5.74) is 0. The van der Waals surface area contributed by atoms with E-state index < -0.39 is 0 Å². The number of halogens is 2. The van der Waals surface area contributed by atoms with E-state index in [9.17, 15) is 4.91 Å². The molecule has 100 valence electrons. The van der Waals surface area contributed by atoms with Crippen LogP contribution in [0.5, 0.6) is 0 Å². The van der Waals surface area contributed by atoms with Gasteiger partial charge in [0.2, 0.25) is 0 Å². The van der Waals surface area contributed by atoms with Gasteiger partial charge in [-0.1, -0.05) is 0 Å². The molecule has 0 heterocycles. The first-order valence-electron chi connectivity index (χ1n) is 5.32. The van der Waals surface area contributed by atoms with Crippen LogP contribution in [0.4, 0.5) is 0 Å². The van der Waals surface area contributed by atoms with Crippen LogP contribution in [0.15, 0.2) is 17.7 Å². The van der Waals surface area contributed by atoms with Crippen LogP contribution in [0.1, 0.15) is 13.8 Å². The molecule has 0 spiro atoms. The van der Waals surface area contributed by atoms with Crippen LogP contribution >= 0.6 is 11.6 Å². The Balaban J connectivity index is 4.36. The Hall–Kier alpha value is -0.370. The van der Waals surface area contributed by atoms with E-state index in [1.807, 2.05) is 6.92 Å². The van der Waals surface area contributed by atoms with Crippen molar-refractivity contribution in [3.63, 3.8) is 0 Å². The van der Waals surface area contributed by atoms with Crippen molar-refractivity contribution >= 4 is 17.8 Å². The van der Waals surface area contributed by atoms with Crippen LogP contribution in [-0.4, -0.2) is 44.0 Å².